The van der Waals surface area contributed by atoms with Crippen LogP contribution in [0, 0.1) is 0 Å². The molecule has 9 heteroatoms. The van der Waals surface area contributed by atoms with Crippen LogP contribution >= 0.6 is 11.6 Å². The normalized spacial score (nSPS) is 16.6. The molecule has 0 bridgehead atoms. The van der Waals surface area contributed by atoms with Gasteiger partial charge in [-0.15, -0.1) is 0 Å². The molecule has 0 amide bonds. The van der Waals surface area contributed by atoms with Gasteiger partial charge in [-0.3, -0.25) is 0 Å². The van der Waals surface area contributed by atoms with Crippen LogP contribution in [0.25, 0.3) is 0 Å². The van der Waals surface area contributed by atoms with E-state index in [4.69, 9.17) is 25.8 Å². The molecule has 1 unspecified atom stereocenters. The minimum atomic E-state index is -3.67. The zero-order chi connectivity index (χ0) is 20.9. The SMILES string of the molecule is COc1ccc(Cl)cc1COC(=O)c1ccc(S(=O)(=O)NCC2CCCO2)cc1. The molecule has 3 rings (SSSR count). The lowest BCUT2D eigenvalue weighted by Crippen LogP contribution is -2.31. The number of methoxy groups -OCH3 is 1. The van der Waals surface area contributed by atoms with Gasteiger partial charge in [-0.05, 0) is 55.3 Å². The molecule has 29 heavy (non-hydrogen) atoms. The fraction of sp³-hybridized carbons (Fsp3) is 0.350. The lowest BCUT2D eigenvalue weighted by atomic mass is 10.2. The molecule has 0 radical (unpaired) electrons. The van der Waals surface area contributed by atoms with E-state index in [1.807, 2.05) is 0 Å². The number of halogens is 1. The number of rotatable bonds is 8. The van der Waals surface area contributed by atoms with Crippen LogP contribution in [-0.4, -0.2) is 40.8 Å². The van der Waals surface area contributed by atoms with Crippen molar-refractivity contribution in [3.05, 3.63) is 58.6 Å². The first-order valence-electron chi connectivity index (χ1n) is 9.10. The van der Waals surface area contributed by atoms with Gasteiger partial charge in [-0.25, -0.2) is 17.9 Å². The van der Waals surface area contributed by atoms with E-state index in [1.54, 1.807) is 18.2 Å². The molecule has 156 valence electrons. The van der Waals surface area contributed by atoms with Gasteiger partial charge < -0.3 is 14.2 Å². The number of hydrogen-bond acceptors (Lipinski definition) is 6. The highest BCUT2D eigenvalue weighted by molar-refractivity contribution is 7.89. The van der Waals surface area contributed by atoms with Crippen molar-refractivity contribution in [3.63, 3.8) is 0 Å². The molecule has 1 aliphatic rings. The highest BCUT2D eigenvalue weighted by atomic mass is 35.5. The van der Waals surface area contributed by atoms with Gasteiger partial charge in [-0.2, -0.15) is 0 Å². The van der Waals surface area contributed by atoms with Gasteiger partial charge in [0.2, 0.25) is 10.0 Å². The second-order valence-corrected chi connectivity index (χ2v) is 8.75. The maximum absolute atomic E-state index is 12.4. The summed E-state index contributed by atoms with van der Waals surface area (Å²) < 4.78 is 43.2. The molecule has 0 aromatic heterocycles. The van der Waals surface area contributed by atoms with E-state index in [0.717, 1.165) is 12.8 Å². The molecule has 2 aromatic carbocycles. The van der Waals surface area contributed by atoms with Gasteiger partial charge in [0.15, 0.2) is 0 Å². The Morgan fingerprint density at radius 3 is 2.66 bits per heavy atom. The molecular formula is C20H22ClNO6S. The highest BCUT2D eigenvalue weighted by Crippen LogP contribution is 2.24. The summed E-state index contributed by atoms with van der Waals surface area (Å²) in [7, 11) is -2.16. The van der Waals surface area contributed by atoms with Gasteiger partial charge >= 0.3 is 5.97 Å². The van der Waals surface area contributed by atoms with Crippen molar-refractivity contribution >= 4 is 27.6 Å². The molecule has 1 N–H and O–H groups in total. The first-order valence-corrected chi connectivity index (χ1v) is 11.0. The minimum absolute atomic E-state index is 0.0223. The second kappa shape index (κ2) is 9.58. The van der Waals surface area contributed by atoms with Crippen LogP contribution in [-0.2, 0) is 26.1 Å². The van der Waals surface area contributed by atoms with Crippen molar-refractivity contribution in [1.29, 1.82) is 0 Å². The third-order valence-electron chi connectivity index (χ3n) is 4.53. The van der Waals surface area contributed by atoms with Crippen LogP contribution in [0.5, 0.6) is 5.75 Å². The molecule has 0 spiro atoms. The largest absolute Gasteiger partial charge is 0.496 e. The Bertz CT molecular complexity index is 955. The van der Waals surface area contributed by atoms with Crippen LogP contribution in [0.4, 0.5) is 0 Å². The average Bonchev–Trinajstić information content (AvgIpc) is 3.24. The van der Waals surface area contributed by atoms with Gasteiger partial charge in [0.25, 0.3) is 0 Å². The summed E-state index contributed by atoms with van der Waals surface area (Å²) in [5, 5.41) is 0.502. The number of nitrogens with one attached hydrogen (secondary N) is 1. The number of benzene rings is 2. The Morgan fingerprint density at radius 2 is 2.00 bits per heavy atom. The maximum atomic E-state index is 12.4. The number of carbonyl (C=O) groups excluding carboxylic acids is 1. The minimum Gasteiger partial charge on any atom is -0.496 e. The first kappa shape index (κ1) is 21.6. The second-order valence-electron chi connectivity index (χ2n) is 6.54. The van der Waals surface area contributed by atoms with Crippen molar-refractivity contribution in [2.45, 2.75) is 30.4 Å². The molecule has 0 saturated carbocycles. The van der Waals surface area contributed by atoms with E-state index in [1.165, 1.54) is 31.4 Å². The Labute approximate surface area is 175 Å². The Kier molecular flexibility index (Phi) is 7.13. The topological polar surface area (TPSA) is 90.9 Å². The molecule has 1 atom stereocenters. The summed E-state index contributed by atoms with van der Waals surface area (Å²) in [4.78, 5) is 12.4. The summed E-state index contributed by atoms with van der Waals surface area (Å²) in [5.41, 5.74) is 0.870. The van der Waals surface area contributed by atoms with Gasteiger partial charge in [-0.1, -0.05) is 11.6 Å². The van der Waals surface area contributed by atoms with Crippen molar-refractivity contribution in [1.82, 2.24) is 4.72 Å². The van der Waals surface area contributed by atoms with Crippen molar-refractivity contribution in [3.8, 4) is 5.75 Å². The van der Waals surface area contributed by atoms with Crippen LogP contribution in [0.15, 0.2) is 47.4 Å². The predicted octanol–water partition coefficient (Wildman–Crippen LogP) is 3.16. The van der Waals surface area contributed by atoms with Gasteiger partial charge in [0.05, 0.1) is 23.7 Å². The number of sulfonamides is 1. The van der Waals surface area contributed by atoms with E-state index in [-0.39, 0.29) is 29.7 Å². The lowest BCUT2D eigenvalue weighted by molar-refractivity contribution is 0.0470. The average molecular weight is 440 g/mol. The summed E-state index contributed by atoms with van der Waals surface area (Å²) in [5.74, 6) is -0.0238. The first-order chi connectivity index (χ1) is 13.9. The number of ether oxygens (including phenoxy) is 3. The maximum Gasteiger partial charge on any atom is 0.338 e. The monoisotopic (exact) mass is 439 g/mol. The van der Waals surface area contributed by atoms with E-state index < -0.39 is 16.0 Å². The molecule has 0 aliphatic carbocycles. The Morgan fingerprint density at radius 1 is 1.24 bits per heavy atom. The van der Waals surface area contributed by atoms with Crippen molar-refractivity contribution in [2.75, 3.05) is 20.3 Å². The third kappa shape index (κ3) is 5.70. The van der Waals surface area contributed by atoms with Gasteiger partial charge in [0, 0.05) is 23.7 Å². The zero-order valence-corrected chi connectivity index (χ0v) is 17.5. The molecular weight excluding hydrogens is 418 g/mol. The van der Waals surface area contributed by atoms with E-state index >= 15 is 0 Å². The van der Waals surface area contributed by atoms with E-state index in [2.05, 4.69) is 4.72 Å². The summed E-state index contributed by atoms with van der Waals surface area (Å²) >= 11 is 5.97. The van der Waals surface area contributed by atoms with E-state index in [0.29, 0.717) is 22.9 Å². The molecule has 1 heterocycles. The lowest BCUT2D eigenvalue weighted by Gasteiger charge is -2.12. The molecule has 1 aliphatic heterocycles. The van der Waals surface area contributed by atoms with E-state index in [9.17, 15) is 13.2 Å². The van der Waals surface area contributed by atoms with Crippen LogP contribution in [0.2, 0.25) is 5.02 Å². The number of esters is 1. The third-order valence-corrected chi connectivity index (χ3v) is 6.20. The quantitative estimate of drug-likeness (QED) is 0.635. The zero-order valence-electron chi connectivity index (χ0n) is 15.9. The highest BCUT2D eigenvalue weighted by Gasteiger charge is 2.20. The van der Waals surface area contributed by atoms with Gasteiger partial charge in [0.1, 0.15) is 12.4 Å². The summed E-state index contributed by atoms with van der Waals surface area (Å²) in [6.07, 6.45) is 1.68. The fourth-order valence-electron chi connectivity index (χ4n) is 2.95. The molecule has 1 saturated heterocycles. The fourth-order valence-corrected chi connectivity index (χ4v) is 4.21. The van der Waals surface area contributed by atoms with Crippen LogP contribution in [0.3, 0.4) is 0 Å². The standard InChI is InChI=1S/C20H22ClNO6S/c1-26-19-9-6-16(21)11-15(19)13-28-20(23)14-4-7-18(8-5-14)29(24,25)22-12-17-3-2-10-27-17/h4-9,11,17,22H,2-3,10,12-13H2,1H3. The molecule has 1 fully saturated rings. The van der Waals surface area contributed by atoms with Crippen LogP contribution in [0.1, 0.15) is 28.8 Å². The predicted molar refractivity (Wildman–Crippen MR) is 108 cm³/mol. The Balaban J connectivity index is 1.60. The van der Waals surface area contributed by atoms with Crippen molar-refractivity contribution in [2.24, 2.45) is 0 Å². The summed E-state index contributed by atoms with van der Waals surface area (Å²) in [6.45, 7) is 0.865. The molecule has 7 nitrogen and oxygen atoms in total. The summed E-state index contributed by atoms with van der Waals surface area (Å²) in [6, 6.07) is 10.6. The van der Waals surface area contributed by atoms with Crippen LogP contribution < -0.4 is 9.46 Å². The smallest absolute Gasteiger partial charge is 0.338 e. The molecule has 2 aromatic rings. The van der Waals surface area contributed by atoms with Crippen molar-refractivity contribution < 1.29 is 27.4 Å². The number of hydrogen-bond donors (Lipinski definition) is 1. The Hall–Kier alpha value is -2.13. The number of carbonyl (C=O) groups is 1.